The number of esters is 4. The van der Waals surface area contributed by atoms with Crippen LogP contribution in [0.15, 0.2) is 0 Å². The highest BCUT2D eigenvalue weighted by molar-refractivity contribution is 7.47. The van der Waals surface area contributed by atoms with Crippen LogP contribution in [-0.2, 0) is 65.4 Å². The number of rotatable bonds is 86. The van der Waals surface area contributed by atoms with E-state index in [1.165, 1.54) is 289 Å². The van der Waals surface area contributed by atoms with Gasteiger partial charge >= 0.3 is 39.5 Å². The van der Waals surface area contributed by atoms with Gasteiger partial charge in [0.2, 0.25) is 0 Å². The summed E-state index contributed by atoms with van der Waals surface area (Å²) in [5.41, 5.74) is 0. The van der Waals surface area contributed by atoms with E-state index in [2.05, 4.69) is 34.6 Å². The Balaban J connectivity index is 5.18. The number of carbonyl (C=O) groups excluding carboxylic acids is 4. The molecule has 3 N–H and O–H groups in total. The third-order valence-corrected chi connectivity index (χ3v) is 22.2. The highest BCUT2D eigenvalue weighted by atomic mass is 31.2. The molecule has 0 fully saturated rings. The summed E-state index contributed by atoms with van der Waals surface area (Å²) in [6.07, 6.45) is 72.5. The van der Waals surface area contributed by atoms with Gasteiger partial charge in [-0.3, -0.25) is 37.3 Å². The quantitative estimate of drug-likeness (QED) is 0.0222. The van der Waals surface area contributed by atoms with Crippen LogP contribution < -0.4 is 0 Å². The highest BCUT2D eigenvalue weighted by Crippen LogP contribution is 2.45. The number of hydrogen-bond acceptors (Lipinski definition) is 15. The van der Waals surface area contributed by atoms with Gasteiger partial charge in [0.25, 0.3) is 0 Å². The summed E-state index contributed by atoms with van der Waals surface area (Å²) in [7, 11) is -9.92. The maximum Gasteiger partial charge on any atom is 0.472 e. The van der Waals surface area contributed by atoms with Crippen molar-refractivity contribution in [3.05, 3.63) is 0 Å². The first-order valence-electron chi connectivity index (χ1n) is 44.6. The van der Waals surface area contributed by atoms with E-state index in [0.717, 1.165) is 95.8 Å². The maximum atomic E-state index is 13.1. The first-order chi connectivity index (χ1) is 51.0. The topological polar surface area (TPSA) is 237 Å². The van der Waals surface area contributed by atoms with Crippen LogP contribution in [0.5, 0.6) is 0 Å². The zero-order valence-corrected chi connectivity index (χ0v) is 70.7. The van der Waals surface area contributed by atoms with Crippen molar-refractivity contribution in [2.24, 2.45) is 5.92 Å². The maximum absolute atomic E-state index is 13.1. The second-order valence-corrected chi connectivity index (χ2v) is 34.3. The molecule has 0 amide bonds. The van der Waals surface area contributed by atoms with Crippen molar-refractivity contribution >= 4 is 39.5 Å². The van der Waals surface area contributed by atoms with Crippen molar-refractivity contribution in [3.63, 3.8) is 0 Å². The van der Waals surface area contributed by atoms with E-state index in [4.69, 9.17) is 37.0 Å². The van der Waals surface area contributed by atoms with Crippen molar-refractivity contribution < 1.29 is 80.2 Å². The lowest BCUT2D eigenvalue weighted by atomic mass is 10.0. The Morgan fingerprint density at radius 3 is 0.648 bits per heavy atom. The molecular formula is C86H168O17P2. The number of phosphoric acid groups is 2. The van der Waals surface area contributed by atoms with E-state index in [0.29, 0.717) is 25.7 Å². The number of hydrogen-bond donors (Lipinski definition) is 3. The number of aliphatic hydroxyl groups excluding tert-OH is 1. The van der Waals surface area contributed by atoms with Crippen molar-refractivity contribution in [1.29, 1.82) is 0 Å². The molecule has 0 aromatic carbocycles. The van der Waals surface area contributed by atoms with Gasteiger partial charge in [-0.05, 0) is 31.6 Å². The molecule has 624 valence electrons. The molecule has 0 aliphatic heterocycles. The van der Waals surface area contributed by atoms with Crippen LogP contribution in [0.3, 0.4) is 0 Å². The molecule has 0 saturated carbocycles. The van der Waals surface area contributed by atoms with Crippen LogP contribution in [0.25, 0.3) is 0 Å². The summed E-state index contributed by atoms with van der Waals surface area (Å²) >= 11 is 0. The summed E-state index contributed by atoms with van der Waals surface area (Å²) in [4.78, 5) is 73.1. The molecular weight excluding hydrogens is 1370 g/mol. The average Bonchev–Trinajstić information content (AvgIpc) is 0.905. The third-order valence-electron chi connectivity index (χ3n) is 20.3. The van der Waals surface area contributed by atoms with E-state index in [9.17, 15) is 43.2 Å². The van der Waals surface area contributed by atoms with E-state index >= 15 is 0 Å². The summed E-state index contributed by atoms with van der Waals surface area (Å²) in [6, 6.07) is 0. The van der Waals surface area contributed by atoms with Gasteiger partial charge in [0.15, 0.2) is 12.2 Å². The van der Waals surface area contributed by atoms with E-state index in [1.54, 1.807) is 0 Å². The van der Waals surface area contributed by atoms with Crippen molar-refractivity contribution in [2.45, 2.75) is 483 Å². The van der Waals surface area contributed by atoms with Crippen molar-refractivity contribution in [3.8, 4) is 0 Å². The molecule has 2 unspecified atom stereocenters. The number of ether oxygens (including phenoxy) is 4. The molecule has 17 nitrogen and oxygen atoms in total. The van der Waals surface area contributed by atoms with Crippen LogP contribution >= 0.6 is 15.6 Å². The average molecular weight is 1540 g/mol. The molecule has 19 heteroatoms. The minimum absolute atomic E-state index is 0.106. The normalized spacial score (nSPS) is 13.8. The lowest BCUT2D eigenvalue weighted by Crippen LogP contribution is -2.30. The smallest absolute Gasteiger partial charge is 0.462 e. The highest BCUT2D eigenvalue weighted by Gasteiger charge is 2.30. The van der Waals surface area contributed by atoms with Crippen LogP contribution in [0.4, 0.5) is 0 Å². The molecule has 0 aliphatic rings. The zero-order valence-electron chi connectivity index (χ0n) is 68.9. The Bertz CT molecular complexity index is 2000. The van der Waals surface area contributed by atoms with Crippen LogP contribution in [0, 0.1) is 5.92 Å². The predicted octanol–water partition coefficient (Wildman–Crippen LogP) is 26.4. The Kier molecular flexibility index (Phi) is 77.3. The predicted molar refractivity (Wildman–Crippen MR) is 432 cm³/mol. The van der Waals surface area contributed by atoms with E-state index in [1.807, 2.05) is 0 Å². The Labute approximate surface area is 645 Å². The van der Waals surface area contributed by atoms with Crippen molar-refractivity contribution in [2.75, 3.05) is 39.6 Å². The molecule has 0 aliphatic carbocycles. The van der Waals surface area contributed by atoms with Crippen LogP contribution in [0.1, 0.15) is 465 Å². The number of aliphatic hydroxyl groups is 1. The van der Waals surface area contributed by atoms with Gasteiger partial charge < -0.3 is 33.8 Å². The minimum atomic E-state index is -4.97. The van der Waals surface area contributed by atoms with E-state index < -0.39 is 97.5 Å². The van der Waals surface area contributed by atoms with Crippen LogP contribution in [-0.4, -0.2) is 96.7 Å². The van der Waals surface area contributed by atoms with Crippen molar-refractivity contribution in [1.82, 2.24) is 0 Å². The zero-order chi connectivity index (χ0) is 76.9. The van der Waals surface area contributed by atoms with Gasteiger partial charge in [-0.2, -0.15) is 0 Å². The van der Waals surface area contributed by atoms with E-state index in [-0.39, 0.29) is 25.7 Å². The summed E-state index contributed by atoms with van der Waals surface area (Å²) in [5.74, 6) is -1.37. The Morgan fingerprint density at radius 2 is 0.438 bits per heavy atom. The fourth-order valence-corrected chi connectivity index (χ4v) is 15.1. The third kappa shape index (κ3) is 79.9. The first-order valence-corrected chi connectivity index (χ1v) is 47.6. The lowest BCUT2D eigenvalue weighted by Gasteiger charge is -2.21. The van der Waals surface area contributed by atoms with Gasteiger partial charge in [-0.15, -0.1) is 0 Å². The number of phosphoric ester groups is 2. The Morgan fingerprint density at radius 1 is 0.257 bits per heavy atom. The van der Waals surface area contributed by atoms with Crippen LogP contribution in [0.2, 0.25) is 0 Å². The standard InChI is InChI=1S/C86H168O17P2/c1-6-9-12-15-18-21-24-26-28-30-32-34-36-38-40-42-44-46-51-56-61-66-71-85(90)102-81(76-97-84(89)70-65-60-55-50-45-43-41-39-37-35-33-31-29-27-25-22-19-16-13-10-7-2)77-100-104(92,93)98-73-80(87)74-99-105(94,95)101-78-82(75-96-83(88)69-64-59-54-49-23-20-17-14-11-8-3)103-86(91)72-67-62-57-52-47-48-53-58-63-68-79(4)5/h79-82,87H,6-78H2,1-5H3,(H,92,93)(H,94,95)/t80-,81-,82-/m1/s1. The van der Waals surface area contributed by atoms with Gasteiger partial charge in [0.05, 0.1) is 26.4 Å². The lowest BCUT2D eigenvalue weighted by molar-refractivity contribution is -0.161. The van der Waals surface area contributed by atoms with Gasteiger partial charge in [-0.25, -0.2) is 9.13 Å². The summed E-state index contributed by atoms with van der Waals surface area (Å²) in [5, 5.41) is 10.7. The van der Waals surface area contributed by atoms with Gasteiger partial charge in [-0.1, -0.05) is 413 Å². The molecule has 0 aromatic rings. The molecule has 0 bridgehead atoms. The molecule has 0 aromatic heterocycles. The largest absolute Gasteiger partial charge is 0.472 e. The molecule has 0 heterocycles. The minimum Gasteiger partial charge on any atom is -0.462 e. The fraction of sp³-hybridized carbons (Fsp3) is 0.953. The fourth-order valence-electron chi connectivity index (χ4n) is 13.5. The number of carbonyl (C=O) groups is 4. The van der Waals surface area contributed by atoms with Gasteiger partial charge in [0.1, 0.15) is 19.3 Å². The summed E-state index contributed by atoms with van der Waals surface area (Å²) in [6.45, 7) is 7.32. The second-order valence-electron chi connectivity index (χ2n) is 31.4. The molecule has 0 spiro atoms. The molecule has 105 heavy (non-hydrogen) atoms. The number of unbranched alkanes of at least 4 members (excludes halogenated alkanes) is 58. The summed E-state index contributed by atoms with van der Waals surface area (Å²) < 4.78 is 68.8. The van der Waals surface area contributed by atoms with Gasteiger partial charge in [0, 0.05) is 25.7 Å². The molecule has 0 saturated heterocycles. The molecule has 0 rings (SSSR count). The Hall–Kier alpha value is -1.94. The molecule has 5 atom stereocenters. The SMILES string of the molecule is CCCCCCCCCCCCCCCCCCCCCCCCC(=O)O[C@H](COC(=O)CCCCCCCCCCCCCCCCCCCCCCC)COP(=O)(O)OC[C@@H](O)COP(=O)(O)OC[C@@H](COC(=O)CCCCCCCCCCCC)OC(=O)CCCCCCCCCCCC(C)C. The monoisotopic (exact) mass is 1540 g/mol. The second kappa shape index (κ2) is 78.7. The first kappa shape index (κ1) is 103. The molecule has 0 radical (unpaired) electrons.